The van der Waals surface area contributed by atoms with Gasteiger partial charge in [0.2, 0.25) is 0 Å². The first-order chi connectivity index (χ1) is 15.1. The maximum atomic E-state index is 12.6. The van der Waals surface area contributed by atoms with E-state index in [1.807, 2.05) is 0 Å². The first-order valence-corrected chi connectivity index (χ1v) is 14.2. The van der Waals surface area contributed by atoms with Gasteiger partial charge in [-0.25, -0.2) is 0 Å². The highest BCUT2D eigenvalue weighted by molar-refractivity contribution is 9.10. The summed E-state index contributed by atoms with van der Waals surface area (Å²) >= 11 is 6.53. The van der Waals surface area contributed by atoms with Gasteiger partial charge in [0.05, 0.1) is 28.1 Å². The van der Waals surface area contributed by atoms with Crippen LogP contribution in [0.3, 0.4) is 0 Å². The standard InChI is InChI=1S/C20H20Br2O8S2/c21-13-1-5-18(6-2-13)31(23,24)27-12-20-28-15-9-16(29-20)11-17(10-15)30-32(25,26)19-7-3-14(22)4-8-19/h1-8,15-17,20H,9-12H2. The van der Waals surface area contributed by atoms with Crippen LogP contribution in [0, 0.1) is 0 Å². The van der Waals surface area contributed by atoms with Crippen LogP contribution < -0.4 is 0 Å². The van der Waals surface area contributed by atoms with Crippen molar-refractivity contribution in [2.24, 2.45) is 0 Å². The van der Waals surface area contributed by atoms with E-state index in [2.05, 4.69) is 31.9 Å². The molecular formula is C20H20Br2O8S2. The van der Waals surface area contributed by atoms with Gasteiger partial charge in [0.25, 0.3) is 20.2 Å². The number of ether oxygens (including phenoxy) is 2. The average Bonchev–Trinajstić information content (AvgIpc) is 2.72. The van der Waals surface area contributed by atoms with Crippen molar-refractivity contribution in [2.45, 2.75) is 53.7 Å². The number of benzene rings is 2. The van der Waals surface area contributed by atoms with Gasteiger partial charge in [0.1, 0.15) is 6.61 Å². The molecule has 32 heavy (non-hydrogen) atoms. The van der Waals surface area contributed by atoms with E-state index in [9.17, 15) is 16.8 Å². The van der Waals surface area contributed by atoms with Crippen LogP contribution >= 0.6 is 31.9 Å². The van der Waals surface area contributed by atoms with Gasteiger partial charge < -0.3 is 9.47 Å². The molecule has 2 unspecified atom stereocenters. The van der Waals surface area contributed by atoms with E-state index < -0.39 is 32.6 Å². The Morgan fingerprint density at radius 1 is 0.750 bits per heavy atom. The summed E-state index contributed by atoms with van der Waals surface area (Å²) in [6.07, 6.45) is -0.826. The van der Waals surface area contributed by atoms with Crippen molar-refractivity contribution < 1.29 is 34.7 Å². The van der Waals surface area contributed by atoms with Crippen molar-refractivity contribution >= 4 is 52.1 Å². The summed E-state index contributed by atoms with van der Waals surface area (Å²) in [6.45, 7) is -0.298. The lowest BCUT2D eigenvalue weighted by atomic mass is 9.91. The predicted molar refractivity (Wildman–Crippen MR) is 121 cm³/mol. The van der Waals surface area contributed by atoms with Gasteiger partial charge in [0.15, 0.2) is 6.29 Å². The molecule has 1 aliphatic carbocycles. The summed E-state index contributed by atoms with van der Waals surface area (Å²) in [7, 11) is -7.88. The molecule has 2 aromatic rings. The SMILES string of the molecule is O=S(=O)(OCC1OC2CC(CC(OS(=O)(=O)c3ccc(Br)cc3)C2)O1)c1ccc(Br)cc1. The van der Waals surface area contributed by atoms with Crippen LogP contribution in [-0.2, 0) is 38.1 Å². The fourth-order valence-electron chi connectivity index (χ4n) is 3.66. The zero-order chi connectivity index (χ0) is 22.9. The highest BCUT2D eigenvalue weighted by Gasteiger charge is 2.40. The van der Waals surface area contributed by atoms with Crippen LogP contribution in [-0.4, -0.2) is 48.0 Å². The van der Waals surface area contributed by atoms with E-state index in [1.54, 1.807) is 24.3 Å². The smallest absolute Gasteiger partial charge is 0.297 e. The largest absolute Gasteiger partial charge is 0.347 e. The van der Waals surface area contributed by atoms with Crippen LogP contribution in [0.1, 0.15) is 19.3 Å². The molecule has 174 valence electrons. The minimum absolute atomic E-state index is 0.0308. The molecule has 1 saturated heterocycles. The van der Waals surface area contributed by atoms with Crippen molar-refractivity contribution in [1.82, 2.24) is 0 Å². The van der Waals surface area contributed by atoms with E-state index in [-0.39, 0.29) is 28.6 Å². The van der Waals surface area contributed by atoms with Crippen LogP contribution in [0.15, 0.2) is 67.3 Å². The Hall–Kier alpha value is -0.860. The normalized spacial score (nSPS) is 26.1. The second kappa shape index (κ2) is 9.79. The Kier molecular flexibility index (Phi) is 7.42. The summed E-state index contributed by atoms with van der Waals surface area (Å²) in [5.41, 5.74) is 0. The Balaban J connectivity index is 1.33. The Bertz CT molecular complexity index is 1140. The third kappa shape index (κ3) is 5.98. The van der Waals surface area contributed by atoms with Gasteiger partial charge in [-0.05, 0) is 48.5 Å². The first kappa shape index (κ1) is 24.3. The summed E-state index contributed by atoms with van der Waals surface area (Å²) in [6, 6.07) is 12.3. The molecule has 0 aromatic heterocycles. The second-order valence-electron chi connectivity index (χ2n) is 7.47. The molecule has 0 spiro atoms. The van der Waals surface area contributed by atoms with Crippen molar-refractivity contribution in [2.75, 3.05) is 6.61 Å². The molecule has 2 fully saturated rings. The van der Waals surface area contributed by atoms with Gasteiger partial charge in [-0.2, -0.15) is 16.8 Å². The molecule has 0 amide bonds. The van der Waals surface area contributed by atoms with Gasteiger partial charge in [-0.15, -0.1) is 0 Å². The van der Waals surface area contributed by atoms with Crippen molar-refractivity contribution in [3.8, 4) is 0 Å². The van der Waals surface area contributed by atoms with Crippen molar-refractivity contribution in [3.05, 3.63) is 57.5 Å². The molecule has 1 aliphatic heterocycles. The Morgan fingerprint density at radius 2 is 1.22 bits per heavy atom. The minimum Gasteiger partial charge on any atom is -0.347 e. The van der Waals surface area contributed by atoms with Crippen LogP contribution in [0.25, 0.3) is 0 Å². The molecule has 2 atom stereocenters. The number of hydrogen-bond acceptors (Lipinski definition) is 8. The number of rotatable bonds is 7. The Morgan fingerprint density at radius 3 is 1.72 bits per heavy atom. The molecule has 12 heteroatoms. The second-order valence-corrected chi connectivity index (χ2v) is 12.5. The minimum atomic E-state index is -3.96. The van der Waals surface area contributed by atoms with Crippen LogP contribution in [0.4, 0.5) is 0 Å². The van der Waals surface area contributed by atoms with E-state index in [4.69, 9.17) is 17.8 Å². The Labute approximate surface area is 203 Å². The molecule has 0 radical (unpaired) electrons. The third-order valence-electron chi connectivity index (χ3n) is 5.09. The lowest BCUT2D eigenvalue weighted by molar-refractivity contribution is -0.272. The zero-order valence-corrected chi connectivity index (χ0v) is 21.4. The molecule has 8 nitrogen and oxygen atoms in total. The van der Waals surface area contributed by atoms with E-state index in [0.29, 0.717) is 19.3 Å². The molecule has 0 N–H and O–H groups in total. The summed E-state index contributed by atoms with van der Waals surface area (Å²) < 4.78 is 73.4. The lowest BCUT2D eigenvalue weighted by Crippen LogP contribution is -2.48. The molecule has 2 bridgehead atoms. The van der Waals surface area contributed by atoms with Gasteiger partial charge in [0, 0.05) is 28.2 Å². The molecule has 1 heterocycles. The van der Waals surface area contributed by atoms with E-state index in [1.165, 1.54) is 24.3 Å². The zero-order valence-electron chi connectivity index (χ0n) is 16.6. The topological polar surface area (TPSA) is 105 Å². The first-order valence-electron chi connectivity index (χ1n) is 9.75. The highest BCUT2D eigenvalue weighted by atomic mass is 79.9. The van der Waals surface area contributed by atoms with Gasteiger partial charge in [-0.1, -0.05) is 31.9 Å². The molecule has 2 aliphatic rings. The van der Waals surface area contributed by atoms with E-state index in [0.717, 1.165) is 8.95 Å². The number of halogens is 2. The van der Waals surface area contributed by atoms with Crippen molar-refractivity contribution in [3.63, 3.8) is 0 Å². The predicted octanol–water partition coefficient (Wildman–Crippen LogP) is 3.99. The van der Waals surface area contributed by atoms with Crippen LogP contribution in [0.2, 0.25) is 0 Å². The highest BCUT2D eigenvalue weighted by Crippen LogP contribution is 2.34. The molecule has 4 rings (SSSR count). The fraction of sp³-hybridized carbons (Fsp3) is 0.400. The summed E-state index contributed by atoms with van der Waals surface area (Å²) in [5.74, 6) is 0. The van der Waals surface area contributed by atoms with Crippen LogP contribution in [0.5, 0.6) is 0 Å². The van der Waals surface area contributed by atoms with Gasteiger partial charge >= 0.3 is 0 Å². The van der Waals surface area contributed by atoms with E-state index >= 15 is 0 Å². The van der Waals surface area contributed by atoms with Gasteiger partial charge in [-0.3, -0.25) is 8.37 Å². The summed E-state index contributed by atoms with van der Waals surface area (Å²) in [5, 5.41) is 0. The molecule has 2 aromatic carbocycles. The average molecular weight is 612 g/mol. The number of hydrogen-bond donors (Lipinski definition) is 0. The van der Waals surface area contributed by atoms with Crippen molar-refractivity contribution in [1.29, 1.82) is 0 Å². The monoisotopic (exact) mass is 610 g/mol. The number of fused-ring (bicyclic) bond motifs is 2. The maximum absolute atomic E-state index is 12.6. The fourth-order valence-corrected chi connectivity index (χ4v) is 6.18. The maximum Gasteiger partial charge on any atom is 0.297 e. The lowest BCUT2D eigenvalue weighted by Gasteiger charge is -2.41. The quantitative estimate of drug-likeness (QED) is 0.433. The summed E-state index contributed by atoms with van der Waals surface area (Å²) in [4.78, 5) is 0.103. The third-order valence-corrected chi connectivity index (χ3v) is 8.82. The molecular weight excluding hydrogens is 592 g/mol. The molecule has 1 saturated carbocycles.